The first-order valence-corrected chi connectivity index (χ1v) is 20.9. The summed E-state index contributed by atoms with van der Waals surface area (Å²) >= 11 is 0. The zero-order valence-electron chi connectivity index (χ0n) is 33.0. The van der Waals surface area contributed by atoms with Crippen LogP contribution in [0.25, 0.3) is 5.57 Å². The Kier molecular flexibility index (Phi) is 8.68. The summed E-state index contributed by atoms with van der Waals surface area (Å²) in [6.45, 7) is 25.0. The van der Waals surface area contributed by atoms with E-state index in [9.17, 15) is 9.90 Å². The number of ether oxygens (including phenoxy) is 1. The van der Waals surface area contributed by atoms with Crippen molar-refractivity contribution in [2.24, 2.45) is 51.2 Å². The highest BCUT2D eigenvalue weighted by Crippen LogP contribution is 2.76. The molecule has 280 valence electrons. The largest absolute Gasteiger partial charge is 0.429 e. The fourth-order valence-corrected chi connectivity index (χ4v) is 15.7. The van der Waals surface area contributed by atoms with Gasteiger partial charge in [-0.3, -0.25) is 9.69 Å². The van der Waals surface area contributed by atoms with Gasteiger partial charge in [0.25, 0.3) is 6.47 Å². The zero-order valence-corrected chi connectivity index (χ0v) is 33.0. The molecule has 4 saturated carbocycles. The second-order valence-electron chi connectivity index (χ2n) is 20.6. The molecule has 2 aliphatic heterocycles. The van der Waals surface area contributed by atoms with E-state index in [-0.39, 0.29) is 16.4 Å². The maximum absolute atomic E-state index is 10.9. The maximum Gasteiger partial charge on any atom is 0.298 e. The first-order chi connectivity index (χ1) is 24.1. The predicted molar refractivity (Wildman–Crippen MR) is 207 cm³/mol. The van der Waals surface area contributed by atoms with Crippen molar-refractivity contribution in [1.29, 1.82) is 0 Å². The number of allylic oxidation sites excluding steroid dienone is 3. The van der Waals surface area contributed by atoms with Crippen LogP contribution in [0.5, 0.6) is 5.75 Å². The molecule has 2 heterocycles. The Hall–Kier alpha value is -1.95. The second kappa shape index (κ2) is 12.3. The molecule has 1 aromatic carbocycles. The third-order valence-corrected chi connectivity index (χ3v) is 18.0. The molecular formula is C46H68N2O3. The summed E-state index contributed by atoms with van der Waals surface area (Å²) in [6.07, 6.45) is 18.7. The molecule has 2 N–H and O–H groups in total. The fourth-order valence-electron chi connectivity index (χ4n) is 15.7. The number of nitrogens with zero attached hydrogens (tertiary/aromatic N) is 1. The predicted octanol–water partition coefficient (Wildman–Crippen LogP) is 9.59. The Labute approximate surface area is 309 Å². The normalized spacial score (nSPS) is 47.0. The van der Waals surface area contributed by atoms with Crippen LogP contribution in [0.3, 0.4) is 0 Å². The van der Waals surface area contributed by atoms with Gasteiger partial charge in [0.2, 0.25) is 0 Å². The van der Waals surface area contributed by atoms with E-state index in [1.54, 1.807) is 0 Å². The van der Waals surface area contributed by atoms with Gasteiger partial charge in [-0.1, -0.05) is 65.0 Å². The Morgan fingerprint density at radius 3 is 2.27 bits per heavy atom. The minimum absolute atomic E-state index is 0.0743. The van der Waals surface area contributed by atoms with Gasteiger partial charge in [-0.15, -0.1) is 0 Å². The van der Waals surface area contributed by atoms with Crippen molar-refractivity contribution in [2.75, 3.05) is 13.1 Å². The van der Waals surface area contributed by atoms with Crippen molar-refractivity contribution in [3.05, 3.63) is 48.1 Å². The monoisotopic (exact) mass is 697 g/mol. The average molecular weight is 697 g/mol. The van der Waals surface area contributed by atoms with E-state index in [4.69, 9.17) is 4.74 Å². The highest BCUT2D eigenvalue weighted by atomic mass is 16.5. The van der Waals surface area contributed by atoms with E-state index in [1.165, 1.54) is 80.9 Å². The first-order valence-electron chi connectivity index (χ1n) is 20.9. The molecule has 6 fully saturated rings. The zero-order chi connectivity index (χ0) is 36.2. The summed E-state index contributed by atoms with van der Waals surface area (Å²) in [6, 6.07) is 9.30. The van der Waals surface area contributed by atoms with E-state index in [2.05, 4.69) is 83.5 Å². The van der Waals surface area contributed by atoms with Crippen LogP contribution in [0.4, 0.5) is 0 Å². The van der Waals surface area contributed by atoms with Gasteiger partial charge in [-0.05, 0) is 172 Å². The molecule has 0 amide bonds. The lowest BCUT2D eigenvalue weighted by atomic mass is 9.33. The van der Waals surface area contributed by atoms with Crippen molar-refractivity contribution in [3.8, 4) is 5.75 Å². The van der Waals surface area contributed by atoms with Gasteiger partial charge in [-0.2, -0.15) is 0 Å². The van der Waals surface area contributed by atoms with Crippen molar-refractivity contribution in [2.45, 2.75) is 155 Å². The number of hydrogen-bond donors (Lipinski definition) is 2. The number of rotatable bonds is 8. The molecule has 2 unspecified atom stereocenters. The van der Waals surface area contributed by atoms with Crippen LogP contribution in [0, 0.1) is 51.2 Å². The van der Waals surface area contributed by atoms with Gasteiger partial charge < -0.3 is 15.2 Å². The van der Waals surface area contributed by atoms with E-state index in [1.807, 2.05) is 12.1 Å². The Morgan fingerprint density at radius 2 is 1.61 bits per heavy atom. The van der Waals surface area contributed by atoms with E-state index in [0.29, 0.717) is 52.9 Å². The molecule has 2 bridgehead atoms. The standard InChI is InChI=1S/C46H68N2O3/c1-30(2)35-17-22-46(47-25-26-48-32-11-12-33(48)28-42(5,50)27-32)24-23-44(7)37(40(35)46)15-16-39-43(6)20-18-36(31-9-13-34(14-10-31)51-29-49)41(3,4)38(43)19-21-45(39,44)8/h9-10,13-14,18,29,32-33,35,37-40,47,50H,1,11-12,15-17,19-28H2,2-8H3/t32?,33?,35-,37+,38-,39+,40+,42?,43-,44+,45+,46-/m0/s1. The summed E-state index contributed by atoms with van der Waals surface area (Å²) < 4.78 is 5.12. The van der Waals surface area contributed by atoms with E-state index in [0.717, 1.165) is 44.2 Å². The summed E-state index contributed by atoms with van der Waals surface area (Å²) in [5.74, 6) is 4.01. The number of nitrogens with one attached hydrogen (secondary N) is 1. The van der Waals surface area contributed by atoms with Gasteiger partial charge in [0.05, 0.1) is 5.60 Å². The van der Waals surface area contributed by atoms with Crippen molar-refractivity contribution < 1.29 is 14.6 Å². The van der Waals surface area contributed by atoms with Crippen LogP contribution in [0.15, 0.2) is 42.5 Å². The first kappa shape index (κ1) is 36.0. The van der Waals surface area contributed by atoms with Crippen LogP contribution in [-0.4, -0.2) is 52.8 Å². The lowest BCUT2D eigenvalue weighted by Crippen LogP contribution is -2.68. The maximum atomic E-state index is 10.9. The van der Waals surface area contributed by atoms with Crippen molar-refractivity contribution in [1.82, 2.24) is 10.2 Å². The fraction of sp³-hybridized carbons (Fsp3) is 0.761. The minimum atomic E-state index is -0.481. The summed E-state index contributed by atoms with van der Waals surface area (Å²) in [4.78, 5) is 13.7. The van der Waals surface area contributed by atoms with Gasteiger partial charge in [-0.25, -0.2) is 0 Å². The van der Waals surface area contributed by atoms with Gasteiger partial charge in [0.15, 0.2) is 0 Å². The molecule has 5 heteroatoms. The van der Waals surface area contributed by atoms with Crippen LogP contribution in [-0.2, 0) is 4.79 Å². The Balaban J connectivity index is 1.04. The van der Waals surface area contributed by atoms with Crippen LogP contribution in [0.2, 0.25) is 0 Å². The molecular weight excluding hydrogens is 629 g/mol. The number of aliphatic hydroxyl groups is 1. The SMILES string of the molecule is C=C(C)[C@@H]1CC[C@]2(NCCN3C4CCC3CC(C)(O)C4)CC[C@]3(C)[C@H](CC[C@@H]4[C@@]5(C)CC=C(c6ccc(OC=O)cc6)C(C)(C)[C@@H]5CC[C@]43C)[C@@H]12. The second-order valence-corrected chi connectivity index (χ2v) is 20.6. The number of piperidine rings is 1. The summed E-state index contributed by atoms with van der Waals surface area (Å²) in [5, 5.41) is 15.2. The van der Waals surface area contributed by atoms with Crippen LogP contribution < -0.4 is 10.1 Å². The van der Waals surface area contributed by atoms with Gasteiger partial charge in [0, 0.05) is 30.7 Å². The molecule has 5 aliphatic carbocycles. The molecule has 0 spiro atoms. The lowest BCUT2D eigenvalue weighted by molar-refractivity contribution is -0.219. The lowest BCUT2D eigenvalue weighted by Gasteiger charge is -2.72. The smallest absolute Gasteiger partial charge is 0.298 e. The quantitative estimate of drug-likeness (QED) is 0.209. The van der Waals surface area contributed by atoms with E-state index >= 15 is 0 Å². The van der Waals surface area contributed by atoms with E-state index < -0.39 is 5.60 Å². The topological polar surface area (TPSA) is 61.8 Å². The number of hydrogen-bond acceptors (Lipinski definition) is 5. The average Bonchev–Trinajstić information content (AvgIpc) is 3.57. The number of benzene rings is 1. The molecule has 0 radical (unpaired) electrons. The van der Waals surface area contributed by atoms with Crippen LogP contribution >= 0.6 is 0 Å². The Morgan fingerprint density at radius 1 is 0.902 bits per heavy atom. The molecule has 7 aliphatic rings. The number of carbonyl (C=O) groups is 1. The molecule has 5 nitrogen and oxygen atoms in total. The molecule has 0 aromatic heterocycles. The molecule has 2 saturated heterocycles. The number of fused-ring (bicyclic) bond motifs is 9. The highest BCUT2D eigenvalue weighted by Gasteiger charge is 2.70. The summed E-state index contributed by atoms with van der Waals surface area (Å²) in [5.41, 5.74) is 4.93. The van der Waals surface area contributed by atoms with Gasteiger partial charge >= 0.3 is 0 Å². The molecule has 11 atom stereocenters. The highest BCUT2D eigenvalue weighted by molar-refractivity contribution is 5.72. The summed E-state index contributed by atoms with van der Waals surface area (Å²) in [7, 11) is 0. The van der Waals surface area contributed by atoms with Crippen molar-refractivity contribution in [3.63, 3.8) is 0 Å². The van der Waals surface area contributed by atoms with Crippen molar-refractivity contribution >= 4 is 12.0 Å². The third kappa shape index (κ3) is 5.35. The minimum Gasteiger partial charge on any atom is -0.429 e. The molecule has 51 heavy (non-hydrogen) atoms. The Bertz CT molecular complexity index is 1550. The van der Waals surface area contributed by atoms with Gasteiger partial charge in [0.1, 0.15) is 5.75 Å². The van der Waals surface area contributed by atoms with Crippen LogP contribution in [0.1, 0.15) is 138 Å². The molecule has 8 rings (SSSR count). The molecule has 1 aromatic rings. The number of carbonyl (C=O) groups excluding carboxylic acids is 1. The third-order valence-electron chi connectivity index (χ3n) is 18.0.